The summed E-state index contributed by atoms with van der Waals surface area (Å²) in [5.41, 5.74) is 6.41. The molecule has 0 saturated heterocycles. The standard InChI is InChI=1S/C13H13N5O/c1-2-9(16)13(12-4-3-5-19-12)18-8-17-10(6-14)11(18)7-15/h3-5,8-9,13H,2,16H2,1H3. The summed E-state index contributed by atoms with van der Waals surface area (Å²) in [6, 6.07) is 6.88. The van der Waals surface area contributed by atoms with Gasteiger partial charge in [-0.15, -0.1) is 0 Å². The fourth-order valence-corrected chi connectivity index (χ4v) is 2.00. The summed E-state index contributed by atoms with van der Waals surface area (Å²) in [5, 5.41) is 18.1. The van der Waals surface area contributed by atoms with Crippen molar-refractivity contribution >= 4 is 0 Å². The Balaban J connectivity index is 2.55. The molecule has 0 aliphatic heterocycles. The van der Waals surface area contributed by atoms with Crippen molar-refractivity contribution in [2.75, 3.05) is 0 Å². The Kier molecular flexibility index (Phi) is 3.65. The second-order valence-corrected chi connectivity index (χ2v) is 4.11. The van der Waals surface area contributed by atoms with Crippen molar-refractivity contribution in [3.05, 3.63) is 41.9 Å². The van der Waals surface area contributed by atoms with Gasteiger partial charge in [0.05, 0.1) is 12.6 Å². The van der Waals surface area contributed by atoms with E-state index in [1.165, 1.54) is 6.33 Å². The van der Waals surface area contributed by atoms with Crippen LogP contribution in [0.3, 0.4) is 0 Å². The number of nitrogens with two attached hydrogens (primary N) is 1. The summed E-state index contributed by atoms with van der Waals surface area (Å²) in [7, 11) is 0. The maximum Gasteiger partial charge on any atom is 0.176 e. The van der Waals surface area contributed by atoms with E-state index < -0.39 is 0 Å². The minimum absolute atomic E-state index is 0.0994. The molecule has 0 bridgehead atoms. The Hall–Kier alpha value is -2.57. The second-order valence-electron chi connectivity index (χ2n) is 4.11. The number of nitrogens with zero attached hydrogens (tertiary/aromatic N) is 4. The molecular weight excluding hydrogens is 242 g/mol. The quantitative estimate of drug-likeness (QED) is 0.892. The highest BCUT2D eigenvalue weighted by atomic mass is 16.3. The van der Waals surface area contributed by atoms with E-state index in [0.29, 0.717) is 12.2 Å². The lowest BCUT2D eigenvalue weighted by Gasteiger charge is -2.22. The van der Waals surface area contributed by atoms with Crippen molar-refractivity contribution in [3.8, 4) is 12.1 Å². The Morgan fingerprint density at radius 2 is 2.26 bits per heavy atom. The van der Waals surface area contributed by atoms with Gasteiger partial charge in [-0.3, -0.25) is 0 Å². The number of nitriles is 2. The zero-order valence-corrected chi connectivity index (χ0v) is 10.4. The molecule has 0 aromatic carbocycles. The lowest BCUT2D eigenvalue weighted by Crippen LogP contribution is -2.32. The van der Waals surface area contributed by atoms with Crippen LogP contribution in [-0.4, -0.2) is 15.6 Å². The predicted octanol–water partition coefficient (Wildman–Crippen LogP) is 1.55. The predicted molar refractivity (Wildman–Crippen MR) is 66.8 cm³/mol. The molecule has 0 aliphatic carbocycles. The Morgan fingerprint density at radius 3 is 2.79 bits per heavy atom. The van der Waals surface area contributed by atoms with Gasteiger partial charge in [0.15, 0.2) is 11.4 Å². The molecule has 2 unspecified atom stereocenters. The van der Waals surface area contributed by atoms with Crippen LogP contribution in [0.15, 0.2) is 29.1 Å². The summed E-state index contributed by atoms with van der Waals surface area (Å²) in [4.78, 5) is 3.94. The van der Waals surface area contributed by atoms with E-state index in [9.17, 15) is 5.26 Å². The van der Waals surface area contributed by atoms with Gasteiger partial charge in [0.25, 0.3) is 0 Å². The van der Waals surface area contributed by atoms with Crippen LogP contribution >= 0.6 is 0 Å². The second kappa shape index (κ2) is 5.38. The average Bonchev–Trinajstić information content (AvgIpc) is 3.08. The lowest BCUT2D eigenvalue weighted by atomic mass is 10.0. The van der Waals surface area contributed by atoms with Crippen LogP contribution < -0.4 is 5.73 Å². The number of aromatic nitrogens is 2. The number of hydrogen-bond acceptors (Lipinski definition) is 5. The van der Waals surface area contributed by atoms with E-state index in [2.05, 4.69) is 4.98 Å². The Bertz CT molecular complexity index is 629. The normalized spacial score (nSPS) is 13.5. The molecule has 2 N–H and O–H groups in total. The van der Waals surface area contributed by atoms with Gasteiger partial charge in [-0.05, 0) is 18.6 Å². The summed E-state index contributed by atoms with van der Waals surface area (Å²) in [6.07, 6.45) is 3.72. The summed E-state index contributed by atoms with van der Waals surface area (Å²) < 4.78 is 7.00. The van der Waals surface area contributed by atoms with E-state index >= 15 is 0 Å². The van der Waals surface area contributed by atoms with Gasteiger partial charge in [0.1, 0.15) is 23.9 Å². The van der Waals surface area contributed by atoms with Crippen molar-refractivity contribution in [1.29, 1.82) is 10.5 Å². The molecule has 6 nitrogen and oxygen atoms in total. The minimum atomic E-state index is -0.343. The number of hydrogen-bond donors (Lipinski definition) is 1. The van der Waals surface area contributed by atoms with Crippen LogP contribution in [0, 0.1) is 22.7 Å². The van der Waals surface area contributed by atoms with Gasteiger partial charge in [-0.2, -0.15) is 10.5 Å². The molecule has 0 saturated carbocycles. The van der Waals surface area contributed by atoms with E-state index in [4.69, 9.17) is 15.4 Å². The Labute approximate surface area is 110 Å². The first-order chi connectivity index (χ1) is 9.22. The first-order valence-electron chi connectivity index (χ1n) is 5.88. The lowest BCUT2D eigenvalue weighted by molar-refractivity contribution is 0.371. The molecule has 2 heterocycles. The molecule has 0 fully saturated rings. The maximum atomic E-state index is 9.19. The third kappa shape index (κ3) is 2.22. The molecule has 2 atom stereocenters. The molecule has 0 radical (unpaired) electrons. The van der Waals surface area contributed by atoms with E-state index in [1.54, 1.807) is 23.0 Å². The smallest absolute Gasteiger partial charge is 0.176 e. The van der Waals surface area contributed by atoms with Gasteiger partial charge in [-0.1, -0.05) is 6.92 Å². The van der Waals surface area contributed by atoms with Crippen molar-refractivity contribution in [1.82, 2.24) is 9.55 Å². The van der Waals surface area contributed by atoms with Crippen LogP contribution in [0.2, 0.25) is 0 Å². The summed E-state index contributed by atoms with van der Waals surface area (Å²) in [6.45, 7) is 1.95. The zero-order chi connectivity index (χ0) is 13.8. The monoisotopic (exact) mass is 255 g/mol. The molecule has 2 aromatic rings. The van der Waals surface area contributed by atoms with Crippen molar-refractivity contribution in [2.24, 2.45) is 5.73 Å². The largest absolute Gasteiger partial charge is 0.467 e. The molecular formula is C13H13N5O. The Morgan fingerprint density at radius 1 is 1.47 bits per heavy atom. The average molecular weight is 255 g/mol. The highest BCUT2D eigenvalue weighted by Gasteiger charge is 2.26. The van der Waals surface area contributed by atoms with Crippen LogP contribution in [0.4, 0.5) is 0 Å². The highest BCUT2D eigenvalue weighted by Crippen LogP contribution is 2.25. The van der Waals surface area contributed by atoms with Crippen molar-refractivity contribution in [2.45, 2.75) is 25.4 Å². The zero-order valence-electron chi connectivity index (χ0n) is 10.4. The first-order valence-corrected chi connectivity index (χ1v) is 5.88. The summed E-state index contributed by atoms with van der Waals surface area (Å²) in [5.74, 6) is 0.646. The number of rotatable bonds is 4. The van der Waals surface area contributed by atoms with E-state index in [1.807, 2.05) is 19.1 Å². The molecule has 2 rings (SSSR count). The van der Waals surface area contributed by atoms with Crippen LogP contribution in [0.5, 0.6) is 0 Å². The third-order valence-electron chi connectivity index (χ3n) is 3.02. The van der Waals surface area contributed by atoms with Crippen molar-refractivity contribution in [3.63, 3.8) is 0 Å². The number of furan rings is 1. The molecule has 0 spiro atoms. The topological polar surface area (TPSA) is 105 Å². The molecule has 0 amide bonds. The van der Waals surface area contributed by atoms with Gasteiger partial charge < -0.3 is 14.7 Å². The first kappa shape index (κ1) is 12.9. The highest BCUT2D eigenvalue weighted by molar-refractivity contribution is 5.37. The van der Waals surface area contributed by atoms with E-state index in [-0.39, 0.29) is 23.5 Å². The number of imidazole rings is 1. The molecule has 6 heteroatoms. The molecule has 96 valence electrons. The van der Waals surface area contributed by atoms with Gasteiger partial charge >= 0.3 is 0 Å². The third-order valence-corrected chi connectivity index (χ3v) is 3.02. The van der Waals surface area contributed by atoms with Gasteiger partial charge in [0.2, 0.25) is 0 Å². The van der Waals surface area contributed by atoms with E-state index in [0.717, 1.165) is 0 Å². The van der Waals surface area contributed by atoms with Crippen LogP contribution in [-0.2, 0) is 0 Å². The SMILES string of the molecule is CCC(N)C(c1ccco1)n1cnc(C#N)c1C#N. The van der Waals surface area contributed by atoms with Crippen LogP contribution in [0.25, 0.3) is 0 Å². The summed E-state index contributed by atoms with van der Waals surface area (Å²) >= 11 is 0. The fourth-order valence-electron chi connectivity index (χ4n) is 2.00. The minimum Gasteiger partial charge on any atom is -0.467 e. The molecule has 19 heavy (non-hydrogen) atoms. The van der Waals surface area contributed by atoms with Gasteiger partial charge in [-0.25, -0.2) is 4.98 Å². The van der Waals surface area contributed by atoms with Crippen molar-refractivity contribution < 1.29 is 4.42 Å². The maximum absolute atomic E-state index is 9.19. The molecule has 2 aromatic heterocycles. The fraction of sp³-hybridized carbons (Fsp3) is 0.308. The van der Waals surface area contributed by atoms with Crippen LogP contribution in [0.1, 0.15) is 36.5 Å². The van der Waals surface area contributed by atoms with Gasteiger partial charge in [0, 0.05) is 6.04 Å². The molecule has 0 aliphatic rings.